The molecule has 4 N–H and O–H groups in total. The zero-order valence-corrected chi connectivity index (χ0v) is 13.8. The highest BCUT2D eigenvalue weighted by molar-refractivity contribution is 5.87. The van der Waals surface area contributed by atoms with Crippen LogP contribution < -0.4 is 16.4 Å². The highest BCUT2D eigenvalue weighted by atomic mass is 19.4. The molecule has 0 radical (unpaired) electrons. The fourth-order valence-corrected chi connectivity index (χ4v) is 2.09. The summed E-state index contributed by atoms with van der Waals surface area (Å²) in [7, 11) is 0. The molecule has 0 aromatic heterocycles. The average molecular weight is 345 g/mol. The molecule has 24 heavy (non-hydrogen) atoms. The fourth-order valence-electron chi connectivity index (χ4n) is 2.09. The Hall–Kier alpha value is -2.09. The second-order valence-corrected chi connectivity index (χ2v) is 5.86. The van der Waals surface area contributed by atoms with Crippen molar-refractivity contribution < 1.29 is 22.8 Å². The summed E-state index contributed by atoms with van der Waals surface area (Å²) in [6, 6.07) is 3.42. The van der Waals surface area contributed by atoms with Gasteiger partial charge in [0.1, 0.15) is 0 Å². The second-order valence-electron chi connectivity index (χ2n) is 5.86. The molecule has 0 fully saturated rings. The molecule has 0 saturated heterocycles. The lowest BCUT2D eigenvalue weighted by Crippen LogP contribution is -2.47. The van der Waals surface area contributed by atoms with Gasteiger partial charge in [0, 0.05) is 0 Å². The third-order valence-electron chi connectivity index (χ3n) is 3.55. The van der Waals surface area contributed by atoms with E-state index in [-0.39, 0.29) is 18.0 Å². The molecule has 1 unspecified atom stereocenters. The molecule has 134 valence electrons. The number of hydrogen-bond acceptors (Lipinski definition) is 3. The second kappa shape index (κ2) is 8.14. The molecule has 0 heterocycles. The van der Waals surface area contributed by atoms with Crippen molar-refractivity contribution in [2.45, 2.75) is 39.0 Å². The minimum Gasteiger partial charge on any atom is -0.348 e. The maximum atomic E-state index is 13.0. The number of nitrogens with two attached hydrogens (primary N) is 1. The molecule has 2 atom stereocenters. The number of alkyl halides is 3. The zero-order chi connectivity index (χ0) is 18.5. The van der Waals surface area contributed by atoms with E-state index in [9.17, 15) is 22.8 Å². The lowest BCUT2D eigenvalue weighted by Gasteiger charge is -2.20. The standard InChI is InChI=1S/C16H22F3N3O2/c1-9(2)14(20)15(24)21-8-13(23)22-10(3)11-6-4-5-7-12(11)16(17,18)19/h4-7,9-10,14H,8,20H2,1-3H3,(H,21,24)(H,22,23)/t10?,14-/m0/s1. The Morgan fingerprint density at radius 2 is 1.75 bits per heavy atom. The summed E-state index contributed by atoms with van der Waals surface area (Å²) in [6.07, 6.45) is -4.51. The minimum absolute atomic E-state index is 0.0384. The van der Waals surface area contributed by atoms with Crippen LogP contribution in [0, 0.1) is 5.92 Å². The van der Waals surface area contributed by atoms with Crippen molar-refractivity contribution in [3.63, 3.8) is 0 Å². The molecule has 0 bridgehead atoms. The molecule has 0 spiro atoms. The fraction of sp³-hybridized carbons (Fsp3) is 0.500. The predicted molar refractivity (Wildman–Crippen MR) is 83.8 cm³/mol. The van der Waals surface area contributed by atoms with Crippen LogP contribution >= 0.6 is 0 Å². The third kappa shape index (κ3) is 5.52. The monoisotopic (exact) mass is 345 g/mol. The van der Waals surface area contributed by atoms with Gasteiger partial charge in [-0.2, -0.15) is 13.2 Å². The first-order valence-corrected chi connectivity index (χ1v) is 7.52. The van der Waals surface area contributed by atoms with E-state index in [0.717, 1.165) is 6.07 Å². The van der Waals surface area contributed by atoms with Crippen molar-refractivity contribution in [3.8, 4) is 0 Å². The van der Waals surface area contributed by atoms with Gasteiger partial charge in [-0.1, -0.05) is 32.0 Å². The zero-order valence-electron chi connectivity index (χ0n) is 13.8. The Labute approximate surface area is 138 Å². The van der Waals surface area contributed by atoms with Crippen LogP contribution in [0.25, 0.3) is 0 Å². The lowest BCUT2D eigenvalue weighted by molar-refractivity contribution is -0.138. The van der Waals surface area contributed by atoms with Crippen LogP contribution in [0.3, 0.4) is 0 Å². The van der Waals surface area contributed by atoms with Gasteiger partial charge in [-0.25, -0.2) is 0 Å². The molecule has 1 rings (SSSR count). The van der Waals surface area contributed by atoms with Crippen LogP contribution in [0.4, 0.5) is 13.2 Å². The minimum atomic E-state index is -4.51. The van der Waals surface area contributed by atoms with E-state index in [1.807, 2.05) is 0 Å². The van der Waals surface area contributed by atoms with Crippen LogP contribution in [0.15, 0.2) is 24.3 Å². The number of carbonyl (C=O) groups is 2. The Morgan fingerprint density at radius 3 is 2.29 bits per heavy atom. The number of benzene rings is 1. The van der Waals surface area contributed by atoms with Gasteiger partial charge in [-0.15, -0.1) is 0 Å². The molecule has 2 amide bonds. The molecule has 0 aliphatic carbocycles. The van der Waals surface area contributed by atoms with Crippen molar-refractivity contribution in [2.75, 3.05) is 6.54 Å². The van der Waals surface area contributed by atoms with Gasteiger partial charge in [0.2, 0.25) is 11.8 Å². The number of carbonyl (C=O) groups excluding carboxylic acids is 2. The van der Waals surface area contributed by atoms with Gasteiger partial charge in [-0.05, 0) is 24.5 Å². The van der Waals surface area contributed by atoms with Crippen LogP contribution in [0.1, 0.15) is 37.9 Å². The number of amides is 2. The van der Waals surface area contributed by atoms with Crippen LogP contribution in [0.2, 0.25) is 0 Å². The highest BCUT2D eigenvalue weighted by Crippen LogP contribution is 2.34. The number of hydrogen-bond donors (Lipinski definition) is 3. The van der Waals surface area contributed by atoms with Gasteiger partial charge in [0.05, 0.1) is 24.2 Å². The summed E-state index contributed by atoms with van der Waals surface area (Å²) in [5.74, 6) is -1.17. The van der Waals surface area contributed by atoms with E-state index < -0.39 is 35.6 Å². The summed E-state index contributed by atoms with van der Waals surface area (Å²) >= 11 is 0. The summed E-state index contributed by atoms with van der Waals surface area (Å²) in [5.41, 5.74) is 4.80. The predicted octanol–water partition coefficient (Wildman–Crippen LogP) is 1.98. The molecule has 5 nitrogen and oxygen atoms in total. The summed E-state index contributed by atoms with van der Waals surface area (Å²) in [6.45, 7) is 4.63. The molecule has 8 heteroatoms. The topological polar surface area (TPSA) is 84.2 Å². The number of halogens is 3. The van der Waals surface area contributed by atoms with Gasteiger partial charge in [-0.3, -0.25) is 9.59 Å². The van der Waals surface area contributed by atoms with E-state index in [1.165, 1.54) is 25.1 Å². The molecule has 0 aliphatic rings. The summed E-state index contributed by atoms with van der Waals surface area (Å²) in [4.78, 5) is 23.5. The summed E-state index contributed by atoms with van der Waals surface area (Å²) < 4.78 is 38.9. The van der Waals surface area contributed by atoms with Gasteiger partial charge in [0.15, 0.2) is 0 Å². The lowest BCUT2D eigenvalue weighted by atomic mass is 10.0. The van der Waals surface area contributed by atoms with Crippen molar-refractivity contribution in [2.24, 2.45) is 11.7 Å². The molecule has 0 saturated carbocycles. The number of nitrogens with one attached hydrogen (secondary N) is 2. The summed E-state index contributed by atoms with van der Waals surface area (Å²) in [5, 5.41) is 4.80. The van der Waals surface area contributed by atoms with Crippen LogP contribution in [0.5, 0.6) is 0 Å². The molecule has 0 aliphatic heterocycles. The Balaban J connectivity index is 2.67. The van der Waals surface area contributed by atoms with E-state index in [0.29, 0.717) is 0 Å². The molecular formula is C16H22F3N3O2. The van der Waals surface area contributed by atoms with Crippen LogP contribution in [-0.4, -0.2) is 24.4 Å². The normalized spacial score (nSPS) is 14.2. The van der Waals surface area contributed by atoms with Gasteiger partial charge < -0.3 is 16.4 Å². The quantitative estimate of drug-likeness (QED) is 0.737. The van der Waals surface area contributed by atoms with Gasteiger partial charge >= 0.3 is 6.18 Å². The third-order valence-corrected chi connectivity index (χ3v) is 3.55. The SMILES string of the molecule is CC(NC(=O)CNC(=O)[C@@H](N)C(C)C)c1ccccc1C(F)(F)F. The van der Waals surface area contributed by atoms with Gasteiger partial charge in [0.25, 0.3) is 0 Å². The van der Waals surface area contributed by atoms with Crippen molar-refractivity contribution in [3.05, 3.63) is 35.4 Å². The van der Waals surface area contributed by atoms with Crippen molar-refractivity contribution >= 4 is 11.8 Å². The van der Waals surface area contributed by atoms with E-state index in [4.69, 9.17) is 5.73 Å². The highest BCUT2D eigenvalue weighted by Gasteiger charge is 2.34. The van der Waals surface area contributed by atoms with Crippen molar-refractivity contribution in [1.29, 1.82) is 0 Å². The Kier molecular flexibility index (Phi) is 6.77. The molecule has 1 aromatic rings. The average Bonchev–Trinajstić information content (AvgIpc) is 2.50. The first-order valence-electron chi connectivity index (χ1n) is 7.52. The van der Waals surface area contributed by atoms with Crippen LogP contribution in [-0.2, 0) is 15.8 Å². The Bertz CT molecular complexity index is 588. The molecule has 1 aromatic carbocycles. The molecular weight excluding hydrogens is 323 g/mol. The first-order chi connectivity index (χ1) is 11.0. The Morgan fingerprint density at radius 1 is 1.17 bits per heavy atom. The van der Waals surface area contributed by atoms with Crippen molar-refractivity contribution in [1.82, 2.24) is 10.6 Å². The number of rotatable bonds is 6. The maximum Gasteiger partial charge on any atom is 0.416 e. The van der Waals surface area contributed by atoms with E-state index in [1.54, 1.807) is 13.8 Å². The first kappa shape index (κ1) is 20.0. The van der Waals surface area contributed by atoms with E-state index >= 15 is 0 Å². The largest absolute Gasteiger partial charge is 0.416 e. The maximum absolute atomic E-state index is 13.0. The van der Waals surface area contributed by atoms with E-state index in [2.05, 4.69) is 10.6 Å². The smallest absolute Gasteiger partial charge is 0.348 e.